The van der Waals surface area contributed by atoms with E-state index in [-0.39, 0.29) is 0 Å². The van der Waals surface area contributed by atoms with E-state index < -0.39 is 11.7 Å². The standard InChI is InChI=1S/C12H8F3N3OS2/c1-6-17-18-10(19-6)5-20-11-16-8-4-7(12(13,14)15)2-3-9(8)21-11/h2-4H,5H2,1H3. The van der Waals surface area contributed by atoms with Crippen LogP contribution < -0.4 is 0 Å². The molecule has 9 heteroatoms. The molecule has 0 aliphatic rings. The van der Waals surface area contributed by atoms with Gasteiger partial charge in [-0.25, -0.2) is 4.98 Å². The first-order valence-electron chi connectivity index (χ1n) is 5.81. The normalized spacial score (nSPS) is 12.2. The first-order chi connectivity index (χ1) is 9.91. The Bertz CT molecular complexity index is 781. The van der Waals surface area contributed by atoms with Crippen molar-refractivity contribution in [3.63, 3.8) is 0 Å². The van der Waals surface area contributed by atoms with Crippen molar-refractivity contribution in [2.75, 3.05) is 0 Å². The highest BCUT2D eigenvalue weighted by Crippen LogP contribution is 2.35. The second kappa shape index (κ2) is 5.30. The summed E-state index contributed by atoms with van der Waals surface area (Å²) >= 11 is 2.69. The van der Waals surface area contributed by atoms with Gasteiger partial charge in [0.05, 0.1) is 21.5 Å². The van der Waals surface area contributed by atoms with Gasteiger partial charge in [-0.1, -0.05) is 11.8 Å². The number of thiazole rings is 1. The van der Waals surface area contributed by atoms with Gasteiger partial charge in [0.25, 0.3) is 0 Å². The third kappa shape index (κ3) is 3.18. The van der Waals surface area contributed by atoms with Gasteiger partial charge >= 0.3 is 6.18 Å². The van der Waals surface area contributed by atoms with E-state index in [1.807, 2.05) is 0 Å². The van der Waals surface area contributed by atoms with Crippen LogP contribution in [0.2, 0.25) is 0 Å². The number of aryl methyl sites for hydroxylation is 1. The van der Waals surface area contributed by atoms with E-state index in [1.165, 1.54) is 29.2 Å². The van der Waals surface area contributed by atoms with Crippen LogP contribution in [0.15, 0.2) is 27.0 Å². The average molecular weight is 331 g/mol. The minimum Gasteiger partial charge on any atom is -0.425 e. The fourth-order valence-electron chi connectivity index (χ4n) is 1.66. The lowest BCUT2D eigenvalue weighted by Crippen LogP contribution is -2.03. The maximum Gasteiger partial charge on any atom is 0.416 e. The molecule has 0 bridgehead atoms. The number of halogens is 3. The van der Waals surface area contributed by atoms with Gasteiger partial charge in [-0.3, -0.25) is 0 Å². The van der Waals surface area contributed by atoms with Crippen molar-refractivity contribution >= 4 is 33.3 Å². The Morgan fingerprint density at radius 2 is 2.10 bits per heavy atom. The quantitative estimate of drug-likeness (QED) is 0.670. The van der Waals surface area contributed by atoms with Crippen LogP contribution in [0.3, 0.4) is 0 Å². The average Bonchev–Trinajstić information content (AvgIpc) is 2.99. The Morgan fingerprint density at radius 3 is 2.76 bits per heavy atom. The molecule has 0 aliphatic carbocycles. The number of fused-ring (bicyclic) bond motifs is 1. The minimum absolute atomic E-state index is 0.346. The number of alkyl halides is 3. The van der Waals surface area contributed by atoms with Crippen molar-refractivity contribution in [1.82, 2.24) is 15.2 Å². The SMILES string of the molecule is Cc1nnc(CSc2nc3cc(C(F)(F)F)ccc3s2)o1. The fourth-order valence-corrected chi connectivity index (χ4v) is 3.55. The van der Waals surface area contributed by atoms with Crippen LogP contribution in [-0.4, -0.2) is 15.2 Å². The van der Waals surface area contributed by atoms with Crippen molar-refractivity contribution in [2.45, 2.75) is 23.2 Å². The van der Waals surface area contributed by atoms with E-state index in [0.717, 1.165) is 12.1 Å². The highest BCUT2D eigenvalue weighted by atomic mass is 32.2. The number of thioether (sulfide) groups is 1. The molecule has 0 fully saturated rings. The summed E-state index contributed by atoms with van der Waals surface area (Å²) in [6.07, 6.45) is -4.35. The number of rotatable bonds is 3. The maximum atomic E-state index is 12.6. The molecule has 4 nitrogen and oxygen atoms in total. The zero-order chi connectivity index (χ0) is 15.0. The van der Waals surface area contributed by atoms with Crippen LogP contribution in [0.1, 0.15) is 17.3 Å². The lowest BCUT2D eigenvalue weighted by molar-refractivity contribution is -0.137. The molecule has 1 aromatic carbocycles. The highest BCUT2D eigenvalue weighted by Gasteiger charge is 2.30. The van der Waals surface area contributed by atoms with Gasteiger partial charge in [0.2, 0.25) is 11.8 Å². The molecule has 0 atom stereocenters. The van der Waals surface area contributed by atoms with Crippen LogP contribution in [0.4, 0.5) is 13.2 Å². The summed E-state index contributed by atoms with van der Waals surface area (Å²) in [6, 6.07) is 3.57. The van der Waals surface area contributed by atoms with Crippen LogP contribution in [0.5, 0.6) is 0 Å². The summed E-state index contributed by atoms with van der Waals surface area (Å²) in [5.41, 5.74) is -0.344. The van der Waals surface area contributed by atoms with E-state index in [9.17, 15) is 13.2 Å². The van der Waals surface area contributed by atoms with Gasteiger partial charge in [-0.15, -0.1) is 21.5 Å². The Kier molecular flexibility index (Phi) is 3.62. The van der Waals surface area contributed by atoms with Gasteiger partial charge in [0.1, 0.15) is 0 Å². The summed E-state index contributed by atoms with van der Waals surface area (Å²) in [5.74, 6) is 1.38. The van der Waals surface area contributed by atoms with E-state index in [2.05, 4.69) is 15.2 Å². The largest absolute Gasteiger partial charge is 0.425 e. The Hall–Kier alpha value is -1.61. The molecule has 3 rings (SSSR count). The zero-order valence-corrected chi connectivity index (χ0v) is 12.3. The molecular formula is C12H8F3N3OS2. The molecule has 21 heavy (non-hydrogen) atoms. The molecule has 0 radical (unpaired) electrons. The van der Waals surface area contributed by atoms with Gasteiger partial charge in [0.15, 0.2) is 4.34 Å². The van der Waals surface area contributed by atoms with Crippen LogP contribution in [0.25, 0.3) is 10.2 Å². The minimum atomic E-state index is -4.35. The number of aromatic nitrogens is 3. The van der Waals surface area contributed by atoms with Crippen molar-refractivity contribution in [3.05, 3.63) is 35.5 Å². The summed E-state index contributed by atoms with van der Waals surface area (Å²) in [6.45, 7) is 1.69. The second-order valence-corrected chi connectivity index (χ2v) is 6.42. The Balaban J connectivity index is 1.80. The van der Waals surface area contributed by atoms with Crippen molar-refractivity contribution < 1.29 is 17.6 Å². The first-order valence-corrected chi connectivity index (χ1v) is 7.61. The van der Waals surface area contributed by atoms with E-state index >= 15 is 0 Å². The summed E-state index contributed by atoms with van der Waals surface area (Å²) in [7, 11) is 0. The van der Waals surface area contributed by atoms with Gasteiger partial charge in [0, 0.05) is 6.92 Å². The van der Waals surface area contributed by atoms with Crippen molar-refractivity contribution in [2.24, 2.45) is 0 Å². The smallest absolute Gasteiger partial charge is 0.416 e. The lowest BCUT2D eigenvalue weighted by atomic mass is 10.2. The molecule has 2 heterocycles. The number of nitrogens with zero attached hydrogens (tertiary/aromatic N) is 3. The second-order valence-electron chi connectivity index (χ2n) is 4.16. The van der Waals surface area contributed by atoms with E-state index in [4.69, 9.17) is 4.42 Å². The number of hydrogen-bond acceptors (Lipinski definition) is 6. The monoisotopic (exact) mass is 331 g/mol. The van der Waals surface area contributed by atoms with Crippen LogP contribution in [-0.2, 0) is 11.9 Å². The van der Waals surface area contributed by atoms with Crippen LogP contribution in [0, 0.1) is 6.92 Å². The molecular weight excluding hydrogens is 323 g/mol. The highest BCUT2D eigenvalue weighted by molar-refractivity contribution is 8.00. The van der Waals surface area contributed by atoms with Gasteiger partial charge in [-0.2, -0.15) is 13.2 Å². The third-order valence-corrected chi connectivity index (χ3v) is 4.75. The number of hydrogen-bond donors (Lipinski definition) is 0. The van der Waals surface area contributed by atoms with Gasteiger partial charge in [-0.05, 0) is 18.2 Å². The summed E-state index contributed by atoms with van der Waals surface area (Å²) in [5, 5.41) is 7.56. The molecule has 110 valence electrons. The van der Waals surface area contributed by atoms with Gasteiger partial charge < -0.3 is 4.42 Å². The molecule has 0 spiro atoms. The van der Waals surface area contributed by atoms with E-state index in [1.54, 1.807) is 6.92 Å². The molecule has 3 aromatic rings. The van der Waals surface area contributed by atoms with Crippen molar-refractivity contribution in [1.29, 1.82) is 0 Å². The Labute approximate surface area is 125 Å². The molecule has 0 saturated heterocycles. The molecule has 0 saturated carbocycles. The predicted molar refractivity (Wildman–Crippen MR) is 73.2 cm³/mol. The summed E-state index contributed by atoms with van der Waals surface area (Å²) < 4.78 is 44.5. The van der Waals surface area contributed by atoms with E-state index in [0.29, 0.717) is 32.1 Å². The topological polar surface area (TPSA) is 51.8 Å². The Morgan fingerprint density at radius 1 is 1.29 bits per heavy atom. The fraction of sp³-hybridized carbons (Fsp3) is 0.250. The molecule has 0 amide bonds. The number of benzene rings is 1. The van der Waals surface area contributed by atoms with Crippen molar-refractivity contribution in [3.8, 4) is 0 Å². The zero-order valence-electron chi connectivity index (χ0n) is 10.6. The molecule has 2 aromatic heterocycles. The maximum absolute atomic E-state index is 12.6. The van der Waals surface area contributed by atoms with Crippen LogP contribution >= 0.6 is 23.1 Å². The molecule has 0 N–H and O–H groups in total. The third-order valence-electron chi connectivity index (χ3n) is 2.58. The first kappa shape index (κ1) is 14.3. The summed E-state index contributed by atoms with van der Waals surface area (Å²) in [4.78, 5) is 4.20. The predicted octanol–water partition coefficient (Wildman–Crippen LogP) is 4.30. The molecule has 0 aliphatic heterocycles. The molecule has 0 unspecified atom stereocenters. The lowest BCUT2D eigenvalue weighted by Gasteiger charge is -2.04.